The van der Waals surface area contributed by atoms with Crippen molar-refractivity contribution in [2.24, 2.45) is 0 Å². The molecule has 0 aliphatic rings. The Hall–Kier alpha value is -3.67. The number of carbonyl (C=O) groups excluding carboxylic acids is 1. The Bertz CT molecular complexity index is 1070. The number of fused-ring (bicyclic) bond motifs is 1. The molecule has 1 N–H and O–H groups in total. The van der Waals surface area contributed by atoms with Gasteiger partial charge in [0.25, 0.3) is 0 Å². The number of rotatable bonds is 4. The third kappa shape index (κ3) is 2.88. The number of esters is 1. The molecule has 0 fully saturated rings. The topological polar surface area (TPSA) is 68.5 Å². The summed E-state index contributed by atoms with van der Waals surface area (Å²) < 4.78 is 6.73. The molecule has 0 bridgehead atoms. The molecule has 0 aliphatic heterocycles. The van der Waals surface area contributed by atoms with E-state index in [1.54, 1.807) is 24.5 Å². The van der Waals surface area contributed by atoms with Crippen LogP contribution in [0, 0.1) is 0 Å². The minimum Gasteiger partial charge on any atom is -0.465 e. The number of hydrogen-bond acceptors (Lipinski definition) is 5. The first-order valence-corrected chi connectivity index (χ1v) is 8.09. The first-order valence-electron chi connectivity index (χ1n) is 8.09. The van der Waals surface area contributed by atoms with E-state index >= 15 is 0 Å². The van der Waals surface area contributed by atoms with Gasteiger partial charge in [0.15, 0.2) is 5.65 Å². The fourth-order valence-corrected chi connectivity index (χ4v) is 2.80. The second kappa shape index (κ2) is 6.68. The van der Waals surface area contributed by atoms with E-state index in [1.807, 2.05) is 53.1 Å². The van der Waals surface area contributed by atoms with Crippen LogP contribution in [0.25, 0.3) is 16.9 Å². The predicted octanol–water partition coefficient (Wildman–Crippen LogP) is 3.93. The highest BCUT2D eigenvalue weighted by molar-refractivity contribution is 5.91. The molecule has 0 unspecified atom stereocenters. The Morgan fingerprint density at radius 2 is 1.96 bits per heavy atom. The van der Waals surface area contributed by atoms with Crippen LogP contribution in [-0.2, 0) is 4.74 Å². The van der Waals surface area contributed by atoms with Gasteiger partial charge in [0.2, 0.25) is 0 Å². The van der Waals surface area contributed by atoms with Gasteiger partial charge < -0.3 is 10.1 Å². The van der Waals surface area contributed by atoms with Gasteiger partial charge >= 0.3 is 5.97 Å². The SMILES string of the molecule is COC(=O)c1cccc(Nc2c(-c3ccccc3)nc3cnccn23)c1. The number of methoxy groups -OCH3 is 1. The van der Waals surface area contributed by atoms with Crippen molar-refractivity contribution < 1.29 is 9.53 Å². The maximum atomic E-state index is 11.8. The van der Waals surface area contributed by atoms with Gasteiger partial charge in [-0.2, -0.15) is 0 Å². The molecule has 0 saturated carbocycles. The lowest BCUT2D eigenvalue weighted by molar-refractivity contribution is 0.0601. The molecule has 4 aromatic rings. The molecule has 26 heavy (non-hydrogen) atoms. The second-order valence-corrected chi connectivity index (χ2v) is 5.68. The number of nitrogens with zero attached hydrogens (tertiary/aromatic N) is 3. The maximum Gasteiger partial charge on any atom is 0.337 e. The van der Waals surface area contributed by atoms with Crippen LogP contribution >= 0.6 is 0 Å². The fourth-order valence-electron chi connectivity index (χ4n) is 2.80. The molecule has 6 heteroatoms. The van der Waals surface area contributed by atoms with Gasteiger partial charge in [0.1, 0.15) is 11.5 Å². The van der Waals surface area contributed by atoms with Crippen LogP contribution in [-0.4, -0.2) is 27.4 Å². The van der Waals surface area contributed by atoms with E-state index < -0.39 is 0 Å². The fraction of sp³-hybridized carbons (Fsp3) is 0.0500. The second-order valence-electron chi connectivity index (χ2n) is 5.68. The number of hydrogen-bond donors (Lipinski definition) is 1. The molecular formula is C20H16N4O2. The number of aromatic nitrogens is 3. The molecule has 2 aromatic heterocycles. The van der Waals surface area contributed by atoms with Crippen molar-refractivity contribution in [1.29, 1.82) is 0 Å². The van der Waals surface area contributed by atoms with Crippen molar-refractivity contribution in [2.75, 3.05) is 12.4 Å². The van der Waals surface area contributed by atoms with E-state index in [0.717, 1.165) is 28.4 Å². The molecule has 0 spiro atoms. The Labute approximate surface area is 150 Å². The van der Waals surface area contributed by atoms with Gasteiger partial charge in [-0.15, -0.1) is 0 Å². The highest BCUT2D eigenvalue weighted by Gasteiger charge is 2.15. The summed E-state index contributed by atoms with van der Waals surface area (Å²) >= 11 is 0. The molecule has 0 aliphatic carbocycles. The molecule has 2 heterocycles. The van der Waals surface area contributed by atoms with E-state index in [1.165, 1.54) is 7.11 Å². The number of benzene rings is 2. The third-order valence-electron chi connectivity index (χ3n) is 4.02. The first kappa shape index (κ1) is 15.8. The molecule has 0 saturated heterocycles. The zero-order valence-corrected chi connectivity index (χ0v) is 14.1. The van der Waals surface area contributed by atoms with Crippen LogP contribution < -0.4 is 5.32 Å². The summed E-state index contributed by atoms with van der Waals surface area (Å²) in [5.74, 6) is 0.426. The molecule has 0 amide bonds. The van der Waals surface area contributed by atoms with Crippen molar-refractivity contribution in [3.05, 3.63) is 78.8 Å². The Balaban J connectivity index is 1.82. The van der Waals surface area contributed by atoms with Crippen LogP contribution in [0.3, 0.4) is 0 Å². The van der Waals surface area contributed by atoms with Crippen LogP contribution in [0.4, 0.5) is 11.5 Å². The van der Waals surface area contributed by atoms with E-state index in [2.05, 4.69) is 10.3 Å². The molecule has 0 atom stereocenters. The minimum absolute atomic E-state index is 0.376. The number of ether oxygens (including phenoxy) is 1. The molecule has 4 rings (SSSR count). The Morgan fingerprint density at radius 3 is 2.77 bits per heavy atom. The normalized spacial score (nSPS) is 10.7. The summed E-state index contributed by atoms with van der Waals surface area (Å²) in [6.07, 6.45) is 5.27. The third-order valence-corrected chi connectivity index (χ3v) is 4.02. The zero-order valence-electron chi connectivity index (χ0n) is 14.1. The molecule has 128 valence electrons. The van der Waals surface area contributed by atoms with Gasteiger partial charge in [-0.3, -0.25) is 9.38 Å². The highest BCUT2D eigenvalue weighted by atomic mass is 16.5. The van der Waals surface area contributed by atoms with Crippen molar-refractivity contribution in [2.45, 2.75) is 0 Å². The van der Waals surface area contributed by atoms with Crippen molar-refractivity contribution in [3.8, 4) is 11.3 Å². The lowest BCUT2D eigenvalue weighted by Crippen LogP contribution is -2.02. The van der Waals surface area contributed by atoms with E-state index in [-0.39, 0.29) is 5.97 Å². The number of imidazole rings is 1. The summed E-state index contributed by atoms with van der Waals surface area (Å²) in [4.78, 5) is 20.6. The van der Waals surface area contributed by atoms with Crippen LogP contribution in [0.15, 0.2) is 73.2 Å². The summed E-state index contributed by atoms with van der Waals surface area (Å²) in [5.41, 5.74) is 3.78. The van der Waals surface area contributed by atoms with Crippen LogP contribution in [0.5, 0.6) is 0 Å². The summed E-state index contributed by atoms with van der Waals surface area (Å²) in [6, 6.07) is 17.1. The average molecular weight is 344 g/mol. The number of nitrogens with one attached hydrogen (secondary N) is 1. The van der Waals surface area contributed by atoms with Gasteiger partial charge in [-0.25, -0.2) is 9.78 Å². The Morgan fingerprint density at radius 1 is 1.12 bits per heavy atom. The van der Waals surface area contributed by atoms with Gasteiger partial charge in [-0.05, 0) is 18.2 Å². The van der Waals surface area contributed by atoms with Crippen molar-refractivity contribution in [3.63, 3.8) is 0 Å². The summed E-state index contributed by atoms with van der Waals surface area (Å²) in [5, 5.41) is 3.38. The van der Waals surface area contributed by atoms with Crippen molar-refractivity contribution in [1.82, 2.24) is 14.4 Å². The quantitative estimate of drug-likeness (QED) is 0.568. The standard InChI is InChI=1S/C20H16N4O2/c1-26-20(25)15-8-5-9-16(12-15)22-19-18(14-6-3-2-4-7-14)23-17-13-21-10-11-24(17)19/h2-13,22H,1H3. The average Bonchev–Trinajstić information content (AvgIpc) is 3.07. The first-order chi connectivity index (χ1) is 12.8. The predicted molar refractivity (Wildman–Crippen MR) is 99.5 cm³/mol. The number of carbonyl (C=O) groups is 1. The van der Waals surface area contributed by atoms with E-state index in [0.29, 0.717) is 5.56 Å². The smallest absolute Gasteiger partial charge is 0.337 e. The lowest BCUT2D eigenvalue weighted by Gasteiger charge is -2.10. The molecule has 2 aromatic carbocycles. The van der Waals surface area contributed by atoms with E-state index in [9.17, 15) is 4.79 Å². The van der Waals surface area contributed by atoms with Gasteiger partial charge in [-0.1, -0.05) is 36.4 Å². The zero-order chi connectivity index (χ0) is 17.9. The van der Waals surface area contributed by atoms with Crippen molar-refractivity contribution >= 4 is 23.1 Å². The van der Waals surface area contributed by atoms with Gasteiger partial charge in [0, 0.05) is 23.6 Å². The molecule has 6 nitrogen and oxygen atoms in total. The van der Waals surface area contributed by atoms with Crippen LogP contribution in [0.1, 0.15) is 10.4 Å². The molecule has 0 radical (unpaired) electrons. The molecular weight excluding hydrogens is 328 g/mol. The maximum absolute atomic E-state index is 11.8. The van der Waals surface area contributed by atoms with Crippen LogP contribution in [0.2, 0.25) is 0 Å². The summed E-state index contributed by atoms with van der Waals surface area (Å²) in [6.45, 7) is 0. The Kier molecular flexibility index (Phi) is 4.07. The monoisotopic (exact) mass is 344 g/mol. The minimum atomic E-state index is -0.376. The van der Waals surface area contributed by atoms with Gasteiger partial charge in [0.05, 0.1) is 18.9 Å². The largest absolute Gasteiger partial charge is 0.465 e. The summed E-state index contributed by atoms with van der Waals surface area (Å²) in [7, 11) is 1.37. The van der Waals surface area contributed by atoms with E-state index in [4.69, 9.17) is 9.72 Å². The number of anilines is 2. The lowest BCUT2D eigenvalue weighted by atomic mass is 10.1. The highest BCUT2D eigenvalue weighted by Crippen LogP contribution is 2.30.